The molecule has 2 heterocycles. The second-order valence-electron chi connectivity index (χ2n) is 7.03. The maximum Gasteiger partial charge on any atom is 0.490 e. The first kappa shape index (κ1) is 27.3. The molecule has 184 valence electrons. The predicted octanol–water partition coefficient (Wildman–Crippen LogP) is 0.196. The molecule has 32 heavy (non-hydrogen) atoms. The lowest BCUT2D eigenvalue weighted by Crippen LogP contribution is -2.50. The van der Waals surface area contributed by atoms with Crippen molar-refractivity contribution in [3.8, 4) is 0 Å². The molecule has 19 heteroatoms. The van der Waals surface area contributed by atoms with Crippen LogP contribution in [0.25, 0.3) is 0 Å². The third-order valence-corrected chi connectivity index (χ3v) is 8.28. The van der Waals surface area contributed by atoms with Gasteiger partial charge in [-0.25, -0.2) is 18.1 Å². The van der Waals surface area contributed by atoms with Crippen molar-refractivity contribution < 1.29 is 65.4 Å². The van der Waals surface area contributed by atoms with Gasteiger partial charge < -0.3 is 39.6 Å². The van der Waals surface area contributed by atoms with Crippen LogP contribution in [0.5, 0.6) is 0 Å². The average Bonchev–Trinajstić information content (AvgIpc) is 2.83. The number of alkyl halides is 1. The molecule has 6 N–H and O–H groups in total. The van der Waals surface area contributed by atoms with E-state index < -0.39 is 66.0 Å². The van der Waals surface area contributed by atoms with E-state index in [-0.39, 0.29) is 5.82 Å². The number of phosphoric ester groups is 1. The zero-order valence-electron chi connectivity index (χ0n) is 16.5. The number of aliphatic hydroxyl groups is 1. The van der Waals surface area contributed by atoms with Crippen LogP contribution >= 0.6 is 23.5 Å². The minimum atomic E-state index is -5.77. The minimum Gasteiger partial charge on any atom is -0.387 e. The van der Waals surface area contributed by atoms with Crippen molar-refractivity contribution in [3.63, 3.8) is 0 Å². The van der Waals surface area contributed by atoms with Crippen LogP contribution in [0.4, 0.5) is 4.39 Å². The molecule has 0 aliphatic carbocycles. The monoisotopic (exact) mass is 526 g/mol. The molecule has 2 rings (SSSR count). The van der Waals surface area contributed by atoms with Gasteiger partial charge >= 0.3 is 23.5 Å². The van der Waals surface area contributed by atoms with Gasteiger partial charge in [-0.15, -0.1) is 0 Å². The number of nitrogens with zero attached hydrogens (tertiary/aromatic N) is 1. The predicted molar refractivity (Wildman–Crippen MR) is 101 cm³/mol. The normalized spacial score (nSPS) is 32.7. The maximum atomic E-state index is 15.0. The lowest BCUT2D eigenvalue weighted by atomic mass is 9.85. The van der Waals surface area contributed by atoms with Gasteiger partial charge in [-0.2, -0.15) is 8.62 Å². The number of aliphatic hydroxyl groups excluding tert-OH is 1. The highest BCUT2D eigenvalue weighted by atomic mass is 31.3. The Morgan fingerprint density at radius 3 is 2.34 bits per heavy atom. The fraction of sp³-hybridized carbons (Fsp3) is 0.615. The summed E-state index contributed by atoms with van der Waals surface area (Å²) < 4.78 is 66.5. The summed E-state index contributed by atoms with van der Waals surface area (Å²) in [7, 11) is -16.9. The number of rotatable bonds is 9. The van der Waals surface area contributed by atoms with E-state index in [2.05, 4.69) is 25.0 Å². The highest BCUT2D eigenvalue weighted by molar-refractivity contribution is 7.66. The van der Waals surface area contributed by atoms with E-state index in [0.29, 0.717) is 0 Å². The Morgan fingerprint density at radius 1 is 1.25 bits per heavy atom. The Morgan fingerprint density at radius 2 is 1.84 bits per heavy atom. The number of amides is 1. The molecular weight excluding hydrogens is 504 g/mol. The Kier molecular flexibility index (Phi) is 7.95. The van der Waals surface area contributed by atoms with E-state index in [4.69, 9.17) is 14.5 Å². The third-order valence-electron chi connectivity index (χ3n) is 4.50. The van der Waals surface area contributed by atoms with E-state index in [1.54, 1.807) is 0 Å². The average molecular weight is 526 g/mol. The second-order valence-corrected chi connectivity index (χ2v) is 11.5. The summed E-state index contributed by atoms with van der Waals surface area (Å²) in [6.07, 6.45) is -3.47. The molecule has 1 fully saturated rings. The van der Waals surface area contributed by atoms with Gasteiger partial charge in [-0.3, -0.25) is 9.32 Å². The van der Waals surface area contributed by atoms with Gasteiger partial charge in [0.15, 0.2) is 12.4 Å². The van der Waals surface area contributed by atoms with E-state index in [1.807, 2.05) is 0 Å². The number of nitrogens with one attached hydrogen (secondary N) is 1. The fourth-order valence-corrected chi connectivity index (χ4v) is 6.03. The number of phosphoric acid groups is 3. The van der Waals surface area contributed by atoms with Crippen LogP contribution in [0.1, 0.15) is 13.8 Å². The molecule has 0 spiro atoms. The lowest BCUT2D eigenvalue weighted by Gasteiger charge is -2.37. The Balaban J connectivity index is 2.22. The number of halogens is 1. The highest BCUT2D eigenvalue weighted by Crippen LogP contribution is 2.66. The number of hydrogen-bond donors (Lipinski definition) is 6. The van der Waals surface area contributed by atoms with Gasteiger partial charge in [0.25, 0.3) is 5.91 Å². The van der Waals surface area contributed by atoms with Gasteiger partial charge in [-0.05, 0) is 5.92 Å². The molecule has 1 amide bonds. The highest BCUT2D eigenvalue weighted by Gasteiger charge is 2.59. The zero-order chi connectivity index (χ0) is 24.7. The molecule has 2 aliphatic heterocycles. The summed E-state index contributed by atoms with van der Waals surface area (Å²) in [5.74, 6) is -1.41. The first-order valence-corrected chi connectivity index (χ1v) is 13.2. The van der Waals surface area contributed by atoms with Crippen molar-refractivity contribution >= 4 is 29.4 Å². The molecule has 1 saturated heterocycles. The van der Waals surface area contributed by atoms with Crippen molar-refractivity contribution in [2.75, 3.05) is 6.61 Å². The molecule has 2 unspecified atom stereocenters. The molecule has 0 aromatic heterocycles. The molecule has 6 atom stereocenters. The Bertz CT molecular complexity index is 938. The van der Waals surface area contributed by atoms with E-state index in [1.165, 1.54) is 13.8 Å². The second kappa shape index (κ2) is 9.34. The first-order valence-electron chi connectivity index (χ1n) is 8.64. The summed E-state index contributed by atoms with van der Waals surface area (Å²) in [5.41, 5.74) is -2.01. The van der Waals surface area contributed by atoms with Crippen LogP contribution in [0.15, 0.2) is 24.7 Å². The quantitative estimate of drug-likeness (QED) is 0.221. The third kappa shape index (κ3) is 6.32. The van der Waals surface area contributed by atoms with Gasteiger partial charge in [-0.1, -0.05) is 20.4 Å². The Labute approximate surface area is 180 Å². The maximum absolute atomic E-state index is 15.0. The summed E-state index contributed by atoms with van der Waals surface area (Å²) in [4.78, 5) is 48.4. The number of carbonyl (C=O) groups is 1. The molecule has 0 aromatic rings. The van der Waals surface area contributed by atoms with Crippen LogP contribution in [0.2, 0.25) is 0 Å². The smallest absolute Gasteiger partial charge is 0.387 e. The van der Waals surface area contributed by atoms with Gasteiger partial charge in [0.05, 0.1) is 6.61 Å². The van der Waals surface area contributed by atoms with Crippen molar-refractivity contribution in [1.29, 1.82) is 0 Å². The van der Waals surface area contributed by atoms with Crippen LogP contribution in [-0.2, 0) is 36.4 Å². The Hall–Kier alpha value is -0.990. The first-order chi connectivity index (χ1) is 14.4. The molecule has 0 saturated carbocycles. The van der Waals surface area contributed by atoms with Crippen LogP contribution < -0.4 is 5.32 Å². The van der Waals surface area contributed by atoms with Crippen LogP contribution in [0.3, 0.4) is 0 Å². The topological polar surface area (TPSA) is 222 Å². The summed E-state index contributed by atoms with van der Waals surface area (Å²) >= 11 is 0. The van der Waals surface area contributed by atoms with Gasteiger partial charge in [0.1, 0.15) is 17.5 Å². The van der Waals surface area contributed by atoms with Crippen molar-refractivity contribution in [1.82, 2.24) is 10.2 Å². The fourth-order valence-electron chi connectivity index (χ4n) is 2.97. The molecule has 2 aliphatic rings. The summed E-state index contributed by atoms with van der Waals surface area (Å²) in [5, 5.41) is 12.8. The number of hydrogen-bond acceptors (Lipinski definition) is 10. The van der Waals surface area contributed by atoms with Crippen LogP contribution in [0, 0.1) is 5.92 Å². The van der Waals surface area contributed by atoms with Gasteiger partial charge in [0.2, 0.25) is 0 Å². The molecule has 0 radical (unpaired) electrons. The zero-order valence-corrected chi connectivity index (χ0v) is 19.2. The number of ether oxygens (including phenoxy) is 1. The van der Waals surface area contributed by atoms with Crippen LogP contribution in [-0.4, -0.2) is 66.2 Å². The minimum absolute atomic E-state index is 0.0789. The number of carbonyl (C=O) groups excluding carboxylic acids is 1. The summed E-state index contributed by atoms with van der Waals surface area (Å²) in [6, 6.07) is 0. The molecule has 15 nitrogen and oxygen atoms in total. The van der Waals surface area contributed by atoms with Crippen molar-refractivity contribution in [2.45, 2.75) is 38.0 Å². The van der Waals surface area contributed by atoms with E-state index in [9.17, 15) is 37.8 Å². The lowest BCUT2D eigenvalue weighted by molar-refractivity contribution is -0.156. The standard InChI is InChI=1S/C13H22FN2O13P3/c1-7(2)13(6-26-31(22,23)29-32(24,25)28-30(19,20)21)11(18)10(14)12(27-13)16-5-4-9(17)15-8(16)3/h4-5,7,10-12,18H,3,6H2,1-2H3,(H,15,17)(H,22,23)(H,24,25)(H2,19,20,21)/t10-,11-,12+,13-/m0/s1. The largest absolute Gasteiger partial charge is 0.490 e. The summed E-state index contributed by atoms with van der Waals surface area (Å²) in [6.45, 7) is 5.36. The molecule has 0 aromatic carbocycles. The molecule has 0 bridgehead atoms. The van der Waals surface area contributed by atoms with Gasteiger partial charge in [0, 0.05) is 12.3 Å². The van der Waals surface area contributed by atoms with E-state index in [0.717, 1.165) is 17.2 Å². The van der Waals surface area contributed by atoms with Crippen molar-refractivity contribution in [2.24, 2.45) is 5.92 Å². The SMILES string of the molecule is C=C1NC(=O)C=CN1[C@@H]1O[C@@](COP(=O)(O)OP(=O)(O)OP(=O)(O)O)(C(C)C)[C@@H](O)[C@@H]1F. The van der Waals surface area contributed by atoms with E-state index >= 15 is 0 Å². The molecular formula is C13H22FN2O13P3. The van der Waals surface area contributed by atoms with Crippen molar-refractivity contribution in [3.05, 3.63) is 24.7 Å².